The fourth-order valence-corrected chi connectivity index (χ4v) is 4.67. The van der Waals surface area contributed by atoms with Crippen molar-refractivity contribution in [1.82, 2.24) is 25.3 Å². The van der Waals surface area contributed by atoms with E-state index >= 15 is 0 Å². The molecule has 0 spiro atoms. The third-order valence-corrected chi connectivity index (χ3v) is 6.21. The lowest BCUT2D eigenvalue weighted by Gasteiger charge is -2.43. The summed E-state index contributed by atoms with van der Waals surface area (Å²) >= 11 is 12.5. The first-order chi connectivity index (χ1) is 13.1. The van der Waals surface area contributed by atoms with Crippen LogP contribution in [-0.2, 0) is 0 Å². The van der Waals surface area contributed by atoms with Crippen molar-refractivity contribution in [1.29, 1.82) is 0 Å². The van der Waals surface area contributed by atoms with E-state index in [-0.39, 0.29) is 6.04 Å². The van der Waals surface area contributed by atoms with Gasteiger partial charge < -0.3 is 10.2 Å². The van der Waals surface area contributed by atoms with Crippen molar-refractivity contribution in [3.63, 3.8) is 0 Å². The summed E-state index contributed by atoms with van der Waals surface area (Å²) in [4.78, 5) is 20.1. The lowest BCUT2D eigenvalue weighted by atomic mass is 9.76. The van der Waals surface area contributed by atoms with Gasteiger partial charge in [-0.15, -0.1) is 0 Å². The molecule has 2 aliphatic rings. The van der Waals surface area contributed by atoms with Gasteiger partial charge in [-0.1, -0.05) is 23.2 Å². The van der Waals surface area contributed by atoms with Gasteiger partial charge in [-0.25, -0.2) is 19.9 Å². The Bertz CT molecular complexity index is 778. The summed E-state index contributed by atoms with van der Waals surface area (Å²) in [5.41, 5.74) is 0. The van der Waals surface area contributed by atoms with E-state index in [0.29, 0.717) is 21.8 Å². The molecule has 2 aromatic rings. The van der Waals surface area contributed by atoms with E-state index in [1.54, 1.807) is 18.6 Å². The summed E-state index contributed by atoms with van der Waals surface area (Å²) in [6.45, 7) is 5.00. The highest BCUT2D eigenvalue weighted by atomic mass is 35.5. The highest BCUT2D eigenvalue weighted by molar-refractivity contribution is 6.32. The fourth-order valence-electron chi connectivity index (χ4n) is 4.37. The quantitative estimate of drug-likeness (QED) is 0.834. The number of hydrogen-bond acceptors (Lipinski definition) is 6. The maximum Gasteiger partial charge on any atom is 0.151 e. The molecule has 4 rings (SSSR count). The van der Waals surface area contributed by atoms with Crippen LogP contribution in [0.25, 0.3) is 0 Å². The Balaban J connectivity index is 1.65. The third kappa shape index (κ3) is 4.18. The highest BCUT2D eigenvalue weighted by Crippen LogP contribution is 2.42. The van der Waals surface area contributed by atoms with Gasteiger partial charge in [0.2, 0.25) is 0 Å². The van der Waals surface area contributed by atoms with Gasteiger partial charge in [0.15, 0.2) is 11.6 Å². The molecule has 2 saturated heterocycles. The lowest BCUT2D eigenvalue weighted by molar-refractivity contribution is 0.197. The van der Waals surface area contributed by atoms with E-state index < -0.39 is 0 Å². The van der Waals surface area contributed by atoms with Crippen LogP contribution in [0.1, 0.15) is 43.4 Å². The average Bonchev–Trinajstić information content (AvgIpc) is 2.71. The van der Waals surface area contributed by atoms with E-state index in [4.69, 9.17) is 23.2 Å². The number of nitrogens with zero attached hydrogens (tertiary/aromatic N) is 5. The van der Waals surface area contributed by atoms with Crippen LogP contribution in [-0.4, -0.2) is 39.6 Å². The number of anilines is 1. The predicted octanol–water partition coefficient (Wildman–Crippen LogP) is 3.84. The third-order valence-electron chi connectivity index (χ3n) is 5.75. The second-order valence-electron chi connectivity index (χ2n) is 7.43. The standard InChI is InChI=1S/C19H24Cl2N6/c1-12-23-11-16(21)19(26-12)27-7-4-14(13-2-5-22-6-3-13)8-17(27)18-24-9-15(20)10-25-18/h9-11,13-14,17,22H,2-8H2,1H3/t14?,17-/m1/s1. The Hall–Kier alpha value is -1.50. The van der Waals surface area contributed by atoms with E-state index in [2.05, 4.69) is 30.2 Å². The minimum Gasteiger partial charge on any atom is -0.345 e. The number of halogens is 2. The molecule has 2 aromatic heterocycles. The van der Waals surface area contributed by atoms with Gasteiger partial charge in [0.25, 0.3) is 0 Å². The molecule has 0 saturated carbocycles. The maximum absolute atomic E-state index is 6.46. The first kappa shape index (κ1) is 18.8. The zero-order valence-corrected chi connectivity index (χ0v) is 16.9. The highest BCUT2D eigenvalue weighted by Gasteiger charge is 2.36. The van der Waals surface area contributed by atoms with Gasteiger partial charge in [-0.2, -0.15) is 0 Å². The lowest BCUT2D eigenvalue weighted by Crippen LogP contribution is -2.42. The Morgan fingerprint density at radius 1 is 1.00 bits per heavy atom. The molecule has 144 valence electrons. The van der Waals surface area contributed by atoms with Gasteiger partial charge in [-0.3, -0.25) is 0 Å². The molecule has 0 radical (unpaired) electrons. The van der Waals surface area contributed by atoms with E-state index in [1.807, 2.05) is 6.92 Å². The Kier molecular flexibility index (Phi) is 5.76. The Morgan fingerprint density at radius 2 is 1.74 bits per heavy atom. The summed E-state index contributed by atoms with van der Waals surface area (Å²) in [5, 5.41) is 4.58. The molecular weight excluding hydrogens is 383 g/mol. The minimum atomic E-state index is 0.0442. The van der Waals surface area contributed by atoms with Crippen molar-refractivity contribution in [2.24, 2.45) is 11.8 Å². The molecule has 2 atom stereocenters. The number of rotatable bonds is 3. The van der Waals surface area contributed by atoms with Gasteiger partial charge in [0.1, 0.15) is 10.8 Å². The maximum atomic E-state index is 6.46. The van der Waals surface area contributed by atoms with E-state index in [0.717, 1.165) is 50.0 Å². The van der Waals surface area contributed by atoms with Crippen LogP contribution in [0, 0.1) is 18.8 Å². The van der Waals surface area contributed by atoms with Crippen LogP contribution >= 0.6 is 23.2 Å². The van der Waals surface area contributed by atoms with Crippen molar-refractivity contribution in [3.05, 3.63) is 40.3 Å². The molecular formula is C19H24Cl2N6. The SMILES string of the molecule is Cc1ncc(Cl)c(N2CCC(C3CCNCC3)C[C@@H]2c2ncc(Cl)cn2)n1. The molecule has 8 heteroatoms. The van der Waals surface area contributed by atoms with E-state index in [1.165, 1.54) is 12.8 Å². The second kappa shape index (κ2) is 8.25. The smallest absolute Gasteiger partial charge is 0.151 e. The molecule has 1 unspecified atom stereocenters. The fraction of sp³-hybridized carbons (Fsp3) is 0.579. The van der Waals surface area contributed by atoms with Crippen molar-refractivity contribution < 1.29 is 0 Å². The van der Waals surface area contributed by atoms with E-state index in [9.17, 15) is 0 Å². The van der Waals surface area contributed by atoms with Crippen molar-refractivity contribution in [2.75, 3.05) is 24.5 Å². The number of hydrogen-bond donors (Lipinski definition) is 1. The topological polar surface area (TPSA) is 66.8 Å². The summed E-state index contributed by atoms with van der Waals surface area (Å²) < 4.78 is 0. The molecule has 2 fully saturated rings. The van der Waals surface area contributed by atoms with Crippen LogP contribution in [0.5, 0.6) is 0 Å². The molecule has 2 aliphatic heterocycles. The molecule has 27 heavy (non-hydrogen) atoms. The predicted molar refractivity (Wildman–Crippen MR) is 107 cm³/mol. The molecule has 0 bridgehead atoms. The van der Waals surface area contributed by atoms with Crippen molar-refractivity contribution >= 4 is 29.0 Å². The monoisotopic (exact) mass is 406 g/mol. The van der Waals surface area contributed by atoms with Crippen LogP contribution in [0.3, 0.4) is 0 Å². The molecule has 6 nitrogen and oxygen atoms in total. The van der Waals surface area contributed by atoms with Crippen molar-refractivity contribution in [2.45, 2.75) is 38.6 Å². The number of aromatic nitrogens is 4. The zero-order chi connectivity index (χ0) is 18.8. The summed E-state index contributed by atoms with van der Waals surface area (Å²) in [6, 6.07) is 0.0442. The first-order valence-corrected chi connectivity index (χ1v) is 10.3. The number of nitrogens with one attached hydrogen (secondary N) is 1. The van der Waals surface area contributed by atoms with Gasteiger partial charge in [-0.05, 0) is 57.5 Å². The molecule has 1 N–H and O–H groups in total. The van der Waals surface area contributed by atoms with Crippen LogP contribution in [0.2, 0.25) is 10.0 Å². The second-order valence-corrected chi connectivity index (χ2v) is 8.27. The van der Waals surface area contributed by atoms with Crippen LogP contribution < -0.4 is 10.2 Å². The molecule has 0 amide bonds. The summed E-state index contributed by atoms with van der Waals surface area (Å²) in [7, 11) is 0. The average molecular weight is 407 g/mol. The summed E-state index contributed by atoms with van der Waals surface area (Å²) in [5.74, 6) is 3.69. The number of piperidine rings is 2. The molecule has 0 aromatic carbocycles. The largest absolute Gasteiger partial charge is 0.345 e. The Morgan fingerprint density at radius 3 is 2.48 bits per heavy atom. The van der Waals surface area contributed by atoms with Gasteiger partial charge in [0, 0.05) is 18.9 Å². The minimum absolute atomic E-state index is 0.0442. The zero-order valence-electron chi connectivity index (χ0n) is 15.4. The van der Waals surface area contributed by atoms with Crippen LogP contribution in [0.4, 0.5) is 5.82 Å². The van der Waals surface area contributed by atoms with Gasteiger partial charge in [0.05, 0.1) is 17.3 Å². The Labute approximate surface area is 169 Å². The summed E-state index contributed by atoms with van der Waals surface area (Å²) in [6.07, 6.45) is 9.64. The van der Waals surface area contributed by atoms with Gasteiger partial charge >= 0.3 is 0 Å². The normalized spacial score (nSPS) is 24.2. The number of aryl methyl sites for hydroxylation is 1. The first-order valence-electron chi connectivity index (χ1n) is 9.56. The van der Waals surface area contributed by atoms with Crippen molar-refractivity contribution in [3.8, 4) is 0 Å². The molecule has 4 heterocycles. The van der Waals surface area contributed by atoms with Crippen LogP contribution in [0.15, 0.2) is 18.6 Å². The molecule has 0 aliphatic carbocycles.